The molecule has 0 aromatic heterocycles. The third kappa shape index (κ3) is 2.42. The lowest BCUT2D eigenvalue weighted by Crippen LogP contribution is -2.39. The Morgan fingerprint density at radius 1 is 1.85 bits per heavy atom. The molecule has 74 valence electrons. The van der Waals surface area contributed by atoms with Gasteiger partial charge in [-0.15, -0.1) is 0 Å². The fourth-order valence-corrected chi connectivity index (χ4v) is 1.07. The average Bonchev–Trinajstić information content (AvgIpc) is 2.45. The van der Waals surface area contributed by atoms with Crippen LogP contribution in [0.3, 0.4) is 0 Å². The number of carbonyl (C=O) groups is 1. The molecule has 5 heteroatoms. The number of carbonyl (C=O) groups excluding carboxylic acids is 1. The van der Waals surface area contributed by atoms with Crippen LogP contribution in [0, 0.1) is 0 Å². The van der Waals surface area contributed by atoms with Crippen LogP contribution < -0.4 is 0 Å². The number of hydrogen-bond acceptors (Lipinski definition) is 5. The van der Waals surface area contributed by atoms with E-state index in [1.807, 2.05) is 0 Å². The van der Waals surface area contributed by atoms with E-state index in [1.165, 1.54) is 6.92 Å². The molecule has 5 nitrogen and oxygen atoms in total. The van der Waals surface area contributed by atoms with Gasteiger partial charge in [0.05, 0.1) is 6.61 Å². The van der Waals surface area contributed by atoms with Crippen LogP contribution in [-0.2, 0) is 14.3 Å². The van der Waals surface area contributed by atoms with Gasteiger partial charge in [-0.1, -0.05) is 0 Å². The summed E-state index contributed by atoms with van der Waals surface area (Å²) >= 11 is 0. The van der Waals surface area contributed by atoms with Crippen LogP contribution in [-0.4, -0.2) is 42.3 Å². The van der Waals surface area contributed by atoms with E-state index in [0.717, 1.165) is 0 Å². The minimum absolute atomic E-state index is 0.0656. The Hall–Kier alpha value is -1.10. The molecule has 1 aliphatic heterocycles. The number of nitrogens with zero attached hydrogens (tertiary/aromatic N) is 1. The van der Waals surface area contributed by atoms with Gasteiger partial charge in [-0.3, -0.25) is 4.79 Å². The molecule has 0 radical (unpaired) electrons. The molecule has 0 aliphatic carbocycles. The van der Waals surface area contributed by atoms with Crippen LogP contribution in [0.15, 0.2) is 4.99 Å². The minimum Gasteiger partial charge on any atom is -0.478 e. The van der Waals surface area contributed by atoms with E-state index in [4.69, 9.17) is 14.6 Å². The number of hydrogen-bond donors (Lipinski definition) is 1. The van der Waals surface area contributed by atoms with Crippen LogP contribution in [0.2, 0.25) is 0 Å². The third-order valence-electron chi connectivity index (χ3n) is 1.78. The lowest BCUT2D eigenvalue weighted by atomic mass is 10.1. The summed E-state index contributed by atoms with van der Waals surface area (Å²) in [4.78, 5) is 14.6. The number of aliphatic hydroxyl groups is 1. The Balaban J connectivity index is 2.56. The topological polar surface area (TPSA) is 68.1 Å². The smallest absolute Gasteiger partial charge is 0.302 e. The first-order chi connectivity index (χ1) is 6.08. The molecule has 1 atom stereocenters. The summed E-state index contributed by atoms with van der Waals surface area (Å²) in [5.74, 6) is 0.133. The Morgan fingerprint density at radius 3 is 2.92 bits per heavy atom. The van der Waals surface area contributed by atoms with Gasteiger partial charge in [-0.2, -0.15) is 0 Å². The van der Waals surface area contributed by atoms with E-state index in [0.29, 0.717) is 5.90 Å². The summed E-state index contributed by atoms with van der Waals surface area (Å²) in [6, 6.07) is 0. The summed E-state index contributed by atoms with van der Waals surface area (Å²) in [6.07, 6.45) is 0. The summed E-state index contributed by atoms with van der Waals surface area (Å²) in [6.45, 7) is 3.17. The predicted molar refractivity (Wildman–Crippen MR) is 45.5 cm³/mol. The average molecular weight is 187 g/mol. The van der Waals surface area contributed by atoms with Gasteiger partial charge in [0.15, 0.2) is 11.4 Å². The number of aliphatic imine (C=N–C) groups is 1. The number of rotatable bonds is 3. The zero-order valence-corrected chi connectivity index (χ0v) is 7.74. The lowest BCUT2D eigenvalue weighted by molar-refractivity contribution is -0.143. The summed E-state index contributed by atoms with van der Waals surface area (Å²) in [5, 5.41) is 9.07. The zero-order valence-electron chi connectivity index (χ0n) is 7.74. The normalized spacial score (nSPS) is 26.5. The van der Waals surface area contributed by atoms with Gasteiger partial charge in [0.2, 0.25) is 0 Å². The Morgan fingerprint density at radius 2 is 2.54 bits per heavy atom. The van der Waals surface area contributed by atoms with Crippen LogP contribution in [0.5, 0.6) is 0 Å². The van der Waals surface area contributed by atoms with Crippen molar-refractivity contribution >= 4 is 11.9 Å². The highest BCUT2D eigenvalue weighted by molar-refractivity contribution is 5.75. The molecular formula is C8H13NO4. The van der Waals surface area contributed by atoms with E-state index >= 15 is 0 Å². The maximum atomic E-state index is 10.5. The Kier molecular flexibility index (Phi) is 2.87. The second kappa shape index (κ2) is 3.74. The van der Waals surface area contributed by atoms with Crippen molar-refractivity contribution in [1.29, 1.82) is 0 Å². The van der Waals surface area contributed by atoms with E-state index in [2.05, 4.69) is 4.99 Å². The first-order valence-electron chi connectivity index (χ1n) is 4.01. The van der Waals surface area contributed by atoms with Crippen molar-refractivity contribution in [2.24, 2.45) is 4.99 Å². The van der Waals surface area contributed by atoms with Crippen molar-refractivity contribution in [3.63, 3.8) is 0 Å². The monoisotopic (exact) mass is 187 g/mol. The summed E-state index contributed by atoms with van der Waals surface area (Å²) in [5.41, 5.74) is -0.782. The van der Waals surface area contributed by atoms with Crippen molar-refractivity contribution in [2.75, 3.05) is 19.8 Å². The molecule has 0 aromatic rings. The van der Waals surface area contributed by atoms with Crippen LogP contribution in [0.25, 0.3) is 0 Å². The largest absolute Gasteiger partial charge is 0.478 e. The molecule has 0 saturated heterocycles. The molecule has 0 saturated carbocycles. The Labute approximate surface area is 76.4 Å². The molecular weight excluding hydrogens is 174 g/mol. The van der Waals surface area contributed by atoms with Crippen LogP contribution in [0.1, 0.15) is 13.8 Å². The molecule has 1 rings (SSSR count). The molecule has 1 heterocycles. The van der Waals surface area contributed by atoms with Crippen molar-refractivity contribution in [2.45, 2.75) is 19.4 Å². The standard InChI is InChI=1S/C8H13NO4/c1-6-9-8(3-10,4-12-6)5-13-7(2)11/h10H,3-5H2,1-2H3. The van der Waals surface area contributed by atoms with Crippen molar-refractivity contribution < 1.29 is 19.4 Å². The molecule has 0 bridgehead atoms. The second-order valence-corrected chi connectivity index (χ2v) is 3.08. The van der Waals surface area contributed by atoms with Gasteiger partial charge in [0.1, 0.15) is 13.2 Å². The highest BCUT2D eigenvalue weighted by atomic mass is 16.5. The number of aliphatic hydroxyl groups excluding tert-OH is 1. The van der Waals surface area contributed by atoms with Crippen molar-refractivity contribution in [1.82, 2.24) is 0 Å². The van der Waals surface area contributed by atoms with Crippen molar-refractivity contribution in [3.8, 4) is 0 Å². The Bertz CT molecular complexity index is 238. The number of ether oxygens (including phenoxy) is 2. The quantitative estimate of drug-likeness (QED) is 0.617. The van der Waals surface area contributed by atoms with E-state index in [1.54, 1.807) is 6.92 Å². The molecule has 0 aromatic carbocycles. The van der Waals surface area contributed by atoms with E-state index in [-0.39, 0.29) is 25.8 Å². The van der Waals surface area contributed by atoms with Crippen LogP contribution in [0.4, 0.5) is 0 Å². The first kappa shape index (κ1) is 9.98. The van der Waals surface area contributed by atoms with Crippen molar-refractivity contribution in [3.05, 3.63) is 0 Å². The molecule has 0 spiro atoms. The second-order valence-electron chi connectivity index (χ2n) is 3.08. The zero-order chi connectivity index (χ0) is 9.90. The van der Waals surface area contributed by atoms with Gasteiger partial charge in [-0.05, 0) is 0 Å². The highest BCUT2D eigenvalue weighted by Crippen LogP contribution is 2.18. The van der Waals surface area contributed by atoms with Gasteiger partial charge in [0.25, 0.3) is 0 Å². The molecule has 0 fully saturated rings. The minimum atomic E-state index is -0.782. The summed E-state index contributed by atoms with van der Waals surface area (Å²) in [7, 11) is 0. The first-order valence-corrected chi connectivity index (χ1v) is 4.01. The highest BCUT2D eigenvalue weighted by Gasteiger charge is 2.36. The van der Waals surface area contributed by atoms with Gasteiger partial charge >= 0.3 is 5.97 Å². The van der Waals surface area contributed by atoms with E-state index in [9.17, 15) is 4.79 Å². The fraction of sp³-hybridized carbons (Fsp3) is 0.750. The fourth-order valence-electron chi connectivity index (χ4n) is 1.07. The number of esters is 1. The molecule has 13 heavy (non-hydrogen) atoms. The molecule has 1 aliphatic rings. The predicted octanol–water partition coefficient (Wildman–Crippen LogP) is -0.271. The van der Waals surface area contributed by atoms with Gasteiger partial charge < -0.3 is 14.6 Å². The van der Waals surface area contributed by atoms with Gasteiger partial charge in [-0.25, -0.2) is 4.99 Å². The third-order valence-corrected chi connectivity index (χ3v) is 1.78. The maximum Gasteiger partial charge on any atom is 0.302 e. The van der Waals surface area contributed by atoms with Crippen LogP contribution >= 0.6 is 0 Å². The molecule has 1 N–H and O–H groups in total. The van der Waals surface area contributed by atoms with Gasteiger partial charge in [0, 0.05) is 13.8 Å². The maximum absolute atomic E-state index is 10.5. The molecule has 1 unspecified atom stereocenters. The lowest BCUT2D eigenvalue weighted by Gasteiger charge is -2.20. The molecule has 0 amide bonds. The van der Waals surface area contributed by atoms with E-state index < -0.39 is 5.54 Å². The summed E-state index contributed by atoms with van der Waals surface area (Å²) < 4.78 is 9.87. The SMILES string of the molecule is CC(=O)OCC1(CO)COC(C)=N1.